The Kier molecular flexibility index (Phi) is 4.80. The van der Waals surface area contributed by atoms with Gasteiger partial charge in [-0.05, 0) is 30.3 Å². The molecule has 0 bridgehead atoms. The van der Waals surface area contributed by atoms with E-state index in [1.165, 1.54) is 38.5 Å². The highest BCUT2D eigenvalue weighted by Gasteiger charge is 2.20. The number of halogens is 1. The summed E-state index contributed by atoms with van der Waals surface area (Å²) >= 11 is 6.00. The number of anilines is 1. The lowest BCUT2D eigenvalue weighted by atomic mass is 10.2. The molecule has 0 radical (unpaired) electrons. The van der Waals surface area contributed by atoms with Gasteiger partial charge in [-0.1, -0.05) is 11.6 Å². The number of benzene rings is 1. The molecule has 0 atom stereocenters. The summed E-state index contributed by atoms with van der Waals surface area (Å²) in [4.78, 5) is 16.1. The monoisotopic (exact) mass is 339 g/mol. The van der Waals surface area contributed by atoms with E-state index in [1.54, 1.807) is 18.3 Å². The van der Waals surface area contributed by atoms with Crippen molar-refractivity contribution >= 4 is 33.2 Å². The van der Waals surface area contributed by atoms with E-state index >= 15 is 0 Å². The van der Waals surface area contributed by atoms with Crippen molar-refractivity contribution in [1.29, 1.82) is 0 Å². The molecule has 0 saturated heterocycles. The van der Waals surface area contributed by atoms with E-state index in [0.717, 1.165) is 4.31 Å². The van der Waals surface area contributed by atoms with E-state index in [0.29, 0.717) is 5.69 Å². The average molecular weight is 340 g/mol. The molecule has 1 heterocycles. The lowest BCUT2D eigenvalue weighted by Crippen LogP contribution is -2.23. The number of sulfonamides is 1. The van der Waals surface area contributed by atoms with Gasteiger partial charge in [0.2, 0.25) is 10.0 Å². The number of pyridine rings is 1. The quantitative estimate of drug-likeness (QED) is 0.926. The van der Waals surface area contributed by atoms with Gasteiger partial charge < -0.3 is 5.32 Å². The third kappa shape index (κ3) is 3.44. The molecule has 6 nitrogen and oxygen atoms in total. The van der Waals surface area contributed by atoms with Gasteiger partial charge in [-0.2, -0.15) is 0 Å². The summed E-state index contributed by atoms with van der Waals surface area (Å²) in [6.45, 7) is 0. The van der Waals surface area contributed by atoms with Crippen LogP contribution in [0, 0.1) is 0 Å². The number of nitrogens with zero attached hydrogens (tertiary/aromatic N) is 2. The van der Waals surface area contributed by atoms with Gasteiger partial charge in [0.1, 0.15) is 0 Å². The lowest BCUT2D eigenvalue weighted by molar-refractivity contribution is 0.102. The molecular formula is C14H14ClN3O3S. The molecule has 22 heavy (non-hydrogen) atoms. The zero-order valence-corrected chi connectivity index (χ0v) is 13.5. The number of nitrogens with one attached hydrogen (secondary N) is 1. The van der Waals surface area contributed by atoms with Crippen LogP contribution in [0.4, 0.5) is 5.69 Å². The Hall–Kier alpha value is -1.96. The first-order valence-electron chi connectivity index (χ1n) is 6.26. The van der Waals surface area contributed by atoms with Crippen LogP contribution in [0.15, 0.2) is 47.6 Å². The third-order valence-corrected chi connectivity index (χ3v) is 5.02. The van der Waals surface area contributed by atoms with E-state index < -0.39 is 15.9 Å². The van der Waals surface area contributed by atoms with Gasteiger partial charge in [-0.15, -0.1) is 0 Å². The number of rotatable bonds is 4. The first kappa shape index (κ1) is 16.4. The molecule has 0 saturated carbocycles. The Morgan fingerprint density at radius 3 is 2.59 bits per heavy atom. The second-order valence-electron chi connectivity index (χ2n) is 4.62. The van der Waals surface area contributed by atoms with Crippen molar-refractivity contribution in [3.63, 3.8) is 0 Å². The Bertz CT molecular complexity index is 792. The Balaban J connectivity index is 2.37. The summed E-state index contributed by atoms with van der Waals surface area (Å²) in [5.74, 6) is -0.506. The summed E-state index contributed by atoms with van der Waals surface area (Å²) in [5, 5.41) is 2.78. The fourth-order valence-electron chi connectivity index (χ4n) is 1.68. The van der Waals surface area contributed by atoms with Crippen molar-refractivity contribution in [3.8, 4) is 0 Å². The van der Waals surface area contributed by atoms with Gasteiger partial charge in [0.15, 0.2) is 0 Å². The van der Waals surface area contributed by atoms with Crippen molar-refractivity contribution < 1.29 is 13.2 Å². The van der Waals surface area contributed by atoms with Crippen LogP contribution >= 0.6 is 11.6 Å². The highest BCUT2D eigenvalue weighted by Crippen LogP contribution is 2.23. The second kappa shape index (κ2) is 6.43. The number of amides is 1. The molecule has 116 valence electrons. The Labute approximate surface area is 133 Å². The maximum Gasteiger partial charge on any atom is 0.257 e. The highest BCUT2D eigenvalue weighted by molar-refractivity contribution is 7.89. The number of hydrogen-bond acceptors (Lipinski definition) is 4. The largest absolute Gasteiger partial charge is 0.321 e. The predicted octanol–water partition coefficient (Wildman–Crippen LogP) is 2.24. The molecule has 0 aliphatic rings. The van der Waals surface area contributed by atoms with E-state index in [9.17, 15) is 13.2 Å². The fraction of sp³-hybridized carbons (Fsp3) is 0.143. The Morgan fingerprint density at radius 2 is 2.00 bits per heavy atom. The molecule has 0 unspecified atom stereocenters. The maximum atomic E-state index is 12.3. The van der Waals surface area contributed by atoms with Crippen LogP contribution < -0.4 is 5.32 Å². The summed E-state index contributed by atoms with van der Waals surface area (Å²) in [6, 6.07) is 7.33. The smallest absolute Gasteiger partial charge is 0.257 e. The predicted molar refractivity (Wildman–Crippen MR) is 84.5 cm³/mol. The van der Waals surface area contributed by atoms with E-state index in [1.807, 2.05) is 0 Å². The minimum atomic E-state index is -3.64. The molecule has 0 aliphatic carbocycles. The highest BCUT2D eigenvalue weighted by atomic mass is 35.5. The topological polar surface area (TPSA) is 79.4 Å². The SMILES string of the molecule is CN(C)S(=O)(=O)c1ccc(Cl)c(C(=O)Nc2cccnc2)c1. The molecule has 0 aliphatic heterocycles. The van der Waals surface area contributed by atoms with Crippen molar-refractivity contribution in [2.45, 2.75) is 4.90 Å². The molecule has 0 fully saturated rings. The minimum absolute atomic E-state index is 0.00163. The minimum Gasteiger partial charge on any atom is -0.321 e. The van der Waals surface area contributed by atoms with Crippen molar-refractivity contribution in [1.82, 2.24) is 9.29 Å². The van der Waals surface area contributed by atoms with E-state index in [-0.39, 0.29) is 15.5 Å². The molecule has 0 spiro atoms. The number of aromatic nitrogens is 1. The lowest BCUT2D eigenvalue weighted by Gasteiger charge is -2.13. The number of carbonyl (C=O) groups excluding carboxylic acids is 1. The molecular weight excluding hydrogens is 326 g/mol. The van der Waals surface area contributed by atoms with Crippen molar-refractivity contribution in [2.75, 3.05) is 19.4 Å². The third-order valence-electron chi connectivity index (χ3n) is 2.88. The molecule has 1 N–H and O–H groups in total. The molecule has 2 rings (SSSR count). The molecule has 1 amide bonds. The molecule has 2 aromatic rings. The normalized spacial score (nSPS) is 11.5. The van der Waals surface area contributed by atoms with Crippen molar-refractivity contribution in [2.24, 2.45) is 0 Å². The van der Waals surface area contributed by atoms with Gasteiger partial charge in [0, 0.05) is 20.3 Å². The summed E-state index contributed by atoms with van der Waals surface area (Å²) in [7, 11) is -0.808. The maximum absolute atomic E-state index is 12.3. The van der Waals surface area contributed by atoms with Crippen LogP contribution in [0.3, 0.4) is 0 Å². The van der Waals surface area contributed by atoms with Crippen LogP contribution in [-0.4, -0.2) is 37.7 Å². The average Bonchev–Trinajstić information content (AvgIpc) is 2.48. The number of carbonyl (C=O) groups is 1. The van der Waals surface area contributed by atoms with Gasteiger partial charge in [-0.25, -0.2) is 12.7 Å². The van der Waals surface area contributed by atoms with Gasteiger partial charge >= 0.3 is 0 Å². The zero-order chi connectivity index (χ0) is 16.3. The van der Waals surface area contributed by atoms with E-state index in [2.05, 4.69) is 10.3 Å². The molecule has 8 heteroatoms. The Morgan fingerprint density at radius 1 is 1.27 bits per heavy atom. The van der Waals surface area contributed by atoms with Gasteiger partial charge in [0.25, 0.3) is 5.91 Å². The van der Waals surface area contributed by atoms with Crippen molar-refractivity contribution in [3.05, 3.63) is 53.3 Å². The summed E-state index contributed by atoms with van der Waals surface area (Å²) in [6.07, 6.45) is 3.05. The van der Waals surface area contributed by atoms with Crippen LogP contribution in [0.1, 0.15) is 10.4 Å². The number of hydrogen-bond donors (Lipinski definition) is 1. The standard InChI is InChI=1S/C14H14ClN3O3S/c1-18(2)22(20,21)11-5-6-13(15)12(8-11)14(19)17-10-4-3-7-16-9-10/h3-9H,1-2H3,(H,17,19). The van der Waals surface area contributed by atoms with Crippen LogP contribution in [0.2, 0.25) is 5.02 Å². The van der Waals surface area contributed by atoms with Crippen LogP contribution in [0.25, 0.3) is 0 Å². The fourth-order valence-corrected chi connectivity index (χ4v) is 2.82. The van der Waals surface area contributed by atoms with Gasteiger partial charge in [-0.3, -0.25) is 9.78 Å². The van der Waals surface area contributed by atoms with Gasteiger partial charge in [0.05, 0.1) is 27.4 Å². The molecule has 1 aromatic carbocycles. The van der Waals surface area contributed by atoms with E-state index in [4.69, 9.17) is 11.6 Å². The zero-order valence-electron chi connectivity index (χ0n) is 11.9. The second-order valence-corrected chi connectivity index (χ2v) is 7.18. The first-order valence-corrected chi connectivity index (χ1v) is 8.07. The first-order chi connectivity index (χ1) is 10.3. The molecule has 1 aromatic heterocycles. The van der Waals surface area contributed by atoms with Crippen LogP contribution in [0.5, 0.6) is 0 Å². The summed E-state index contributed by atoms with van der Waals surface area (Å²) in [5.41, 5.74) is 0.567. The summed E-state index contributed by atoms with van der Waals surface area (Å²) < 4.78 is 25.3. The van der Waals surface area contributed by atoms with Crippen LogP contribution in [-0.2, 0) is 10.0 Å².